The molecule has 2 aromatic carbocycles. The summed E-state index contributed by atoms with van der Waals surface area (Å²) in [5, 5.41) is 5.67. The predicted octanol–water partition coefficient (Wildman–Crippen LogP) is 4.34. The number of carbonyl (C=O) groups excluding carboxylic acids is 2. The van der Waals surface area contributed by atoms with Crippen LogP contribution in [0.25, 0.3) is 6.08 Å². The minimum absolute atomic E-state index is 0.0432. The first-order valence-electron chi connectivity index (χ1n) is 10.7. The Morgan fingerprint density at radius 3 is 2.29 bits per heavy atom. The number of benzene rings is 2. The number of hydrogen-bond donors (Lipinski definition) is 2. The molecular weight excluding hydrogens is 436 g/mol. The molecule has 1 heterocycles. The predicted molar refractivity (Wildman–Crippen MR) is 128 cm³/mol. The molecule has 8 heteroatoms. The zero-order valence-corrected chi connectivity index (χ0v) is 19.6. The zero-order chi connectivity index (χ0) is 24.5. The molecule has 3 aromatic rings. The molecule has 1 aromatic heterocycles. The molecule has 1 unspecified atom stereocenters. The fraction of sp³-hybridized carbons (Fsp3) is 0.231. The average Bonchev–Trinajstić information content (AvgIpc) is 3.39. The third-order valence-electron chi connectivity index (χ3n) is 5.20. The second-order valence-electron chi connectivity index (χ2n) is 7.30. The summed E-state index contributed by atoms with van der Waals surface area (Å²) in [6, 6.07) is 15.3. The standard InChI is InChI=1S/C26H28N2O6/c1-5-21(17-8-11-19(31-2)12-9-17)27-26(30)22(16-20-7-6-14-34-20)28-25(29)18-10-13-23(32-3)24(15-18)33-4/h6-16,21H,5H2,1-4H3,(H,27,30)(H,28,29)/b22-16-. The molecular formula is C26H28N2O6. The number of furan rings is 1. The van der Waals surface area contributed by atoms with Crippen LogP contribution in [0.3, 0.4) is 0 Å². The zero-order valence-electron chi connectivity index (χ0n) is 19.6. The number of hydrogen-bond acceptors (Lipinski definition) is 6. The van der Waals surface area contributed by atoms with Gasteiger partial charge >= 0.3 is 0 Å². The molecule has 34 heavy (non-hydrogen) atoms. The Kier molecular flexibility index (Phi) is 8.34. The number of methoxy groups -OCH3 is 3. The molecule has 0 saturated carbocycles. The van der Waals surface area contributed by atoms with Crippen LogP contribution in [0.15, 0.2) is 71.0 Å². The number of amides is 2. The van der Waals surface area contributed by atoms with Crippen LogP contribution in [0.5, 0.6) is 17.2 Å². The summed E-state index contributed by atoms with van der Waals surface area (Å²) in [6.07, 6.45) is 3.62. The summed E-state index contributed by atoms with van der Waals surface area (Å²) < 4.78 is 21.1. The van der Waals surface area contributed by atoms with Gasteiger partial charge in [-0.1, -0.05) is 19.1 Å². The van der Waals surface area contributed by atoms with Gasteiger partial charge in [0.25, 0.3) is 11.8 Å². The van der Waals surface area contributed by atoms with Gasteiger partial charge in [0.05, 0.1) is 33.6 Å². The van der Waals surface area contributed by atoms with Crippen LogP contribution in [-0.2, 0) is 4.79 Å². The molecule has 3 rings (SSSR count). The third-order valence-corrected chi connectivity index (χ3v) is 5.20. The average molecular weight is 465 g/mol. The van der Waals surface area contributed by atoms with Gasteiger partial charge in [-0.25, -0.2) is 0 Å². The smallest absolute Gasteiger partial charge is 0.268 e. The molecule has 2 N–H and O–H groups in total. The van der Waals surface area contributed by atoms with Gasteiger partial charge < -0.3 is 29.3 Å². The van der Waals surface area contributed by atoms with Crippen molar-refractivity contribution in [3.8, 4) is 17.2 Å². The van der Waals surface area contributed by atoms with Crippen molar-refractivity contribution >= 4 is 17.9 Å². The van der Waals surface area contributed by atoms with E-state index in [4.69, 9.17) is 18.6 Å². The molecule has 2 amide bonds. The van der Waals surface area contributed by atoms with Gasteiger partial charge in [-0.15, -0.1) is 0 Å². The van der Waals surface area contributed by atoms with Crippen molar-refractivity contribution in [3.05, 3.63) is 83.4 Å². The number of rotatable bonds is 10. The molecule has 0 aliphatic rings. The van der Waals surface area contributed by atoms with E-state index in [-0.39, 0.29) is 11.7 Å². The summed E-state index contributed by atoms with van der Waals surface area (Å²) in [5.74, 6) is 1.12. The lowest BCUT2D eigenvalue weighted by Crippen LogP contribution is -2.36. The molecule has 1 atom stereocenters. The highest BCUT2D eigenvalue weighted by Crippen LogP contribution is 2.27. The second-order valence-corrected chi connectivity index (χ2v) is 7.30. The maximum absolute atomic E-state index is 13.2. The number of nitrogens with one attached hydrogen (secondary N) is 2. The van der Waals surface area contributed by atoms with Gasteiger partial charge in [-0.05, 0) is 54.4 Å². The lowest BCUT2D eigenvalue weighted by molar-refractivity contribution is -0.118. The van der Waals surface area contributed by atoms with Crippen LogP contribution >= 0.6 is 0 Å². The van der Waals surface area contributed by atoms with Crippen LogP contribution in [0.2, 0.25) is 0 Å². The van der Waals surface area contributed by atoms with Crippen LogP contribution in [0, 0.1) is 0 Å². The lowest BCUT2D eigenvalue weighted by atomic mass is 10.0. The lowest BCUT2D eigenvalue weighted by Gasteiger charge is -2.19. The Labute approximate surface area is 198 Å². The molecule has 0 aliphatic carbocycles. The molecule has 178 valence electrons. The third kappa shape index (κ3) is 5.98. The number of carbonyl (C=O) groups is 2. The van der Waals surface area contributed by atoms with Crippen molar-refractivity contribution in [2.24, 2.45) is 0 Å². The fourth-order valence-corrected chi connectivity index (χ4v) is 3.34. The van der Waals surface area contributed by atoms with Crippen LogP contribution < -0.4 is 24.8 Å². The van der Waals surface area contributed by atoms with Crippen molar-refractivity contribution in [2.75, 3.05) is 21.3 Å². The van der Waals surface area contributed by atoms with Gasteiger partial charge in [-0.3, -0.25) is 9.59 Å². The molecule has 0 radical (unpaired) electrons. The second kappa shape index (κ2) is 11.6. The van der Waals surface area contributed by atoms with Crippen molar-refractivity contribution < 1.29 is 28.2 Å². The van der Waals surface area contributed by atoms with Crippen LogP contribution in [0.4, 0.5) is 0 Å². The van der Waals surface area contributed by atoms with E-state index in [2.05, 4.69) is 10.6 Å². The van der Waals surface area contributed by atoms with E-state index < -0.39 is 11.8 Å². The van der Waals surface area contributed by atoms with E-state index in [0.717, 1.165) is 11.3 Å². The summed E-state index contributed by atoms with van der Waals surface area (Å²) in [5.41, 5.74) is 1.26. The van der Waals surface area contributed by atoms with E-state index in [9.17, 15) is 9.59 Å². The van der Waals surface area contributed by atoms with E-state index in [1.807, 2.05) is 31.2 Å². The van der Waals surface area contributed by atoms with Crippen LogP contribution in [-0.4, -0.2) is 33.1 Å². The highest BCUT2D eigenvalue weighted by molar-refractivity contribution is 6.05. The summed E-state index contributed by atoms with van der Waals surface area (Å²) in [7, 11) is 4.60. The molecule has 0 aliphatic heterocycles. The summed E-state index contributed by atoms with van der Waals surface area (Å²) in [4.78, 5) is 26.2. The molecule has 0 saturated heterocycles. The summed E-state index contributed by atoms with van der Waals surface area (Å²) in [6.45, 7) is 1.97. The van der Waals surface area contributed by atoms with Crippen molar-refractivity contribution in [1.29, 1.82) is 0 Å². The molecule has 0 fully saturated rings. The van der Waals surface area contributed by atoms with Gasteiger partial charge in [0.1, 0.15) is 17.2 Å². The Morgan fingerprint density at radius 1 is 0.971 bits per heavy atom. The molecule has 0 spiro atoms. The van der Waals surface area contributed by atoms with Crippen molar-refractivity contribution in [3.63, 3.8) is 0 Å². The molecule has 0 bridgehead atoms. The quantitative estimate of drug-likeness (QED) is 0.433. The fourth-order valence-electron chi connectivity index (χ4n) is 3.34. The normalized spacial score (nSPS) is 11.9. The van der Waals surface area contributed by atoms with E-state index >= 15 is 0 Å². The van der Waals surface area contributed by atoms with Gasteiger partial charge in [-0.2, -0.15) is 0 Å². The first-order chi connectivity index (χ1) is 16.5. The van der Waals surface area contributed by atoms with Gasteiger partial charge in [0, 0.05) is 11.6 Å². The van der Waals surface area contributed by atoms with E-state index in [0.29, 0.717) is 29.2 Å². The van der Waals surface area contributed by atoms with E-state index in [1.54, 1.807) is 37.4 Å². The maximum atomic E-state index is 13.2. The van der Waals surface area contributed by atoms with Crippen molar-refractivity contribution in [2.45, 2.75) is 19.4 Å². The van der Waals surface area contributed by atoms with Gasteiger partial charge in [0.15, 0.2) is 11.5 Å². The highest BCUT2D eigenvalue weighted by atomic mass is 16.5. The Balaban J connectivity index is 1.84. The van der Waals surface area contributed by atoms with Gasteiger partial charge in [0.2, 0.25) is 0 Å². The highest BCUT2D eigenvalue weighted by Gasteiger charge is 2.20. The van der Waals surface area contributed by atoms with Crippen LogP contribution in [0.1, 0.15) is 41.1 Å². The summed E-state index contributed by atoms with van der Waals surface area (Å²) >= 11 is 0. The first-order valence-corrected chi connectivity index (χ1v) is 10.7. The minimum Gasteiger partial charge on any atom is -0.497 e. The topological polar surface area (TPSA) is 99.0 Å². The first kappa shape index (κ1) is 24.4. The largest absolute Gasteiger partial charge is 0.497 e. The van der Waals surface area contributed by atoms with E-state index in [1.165, 1.54) is 26.6 Å². The molecule has 8 nitrogen and oxygen atoms in total. The Morgan fingerprint density at radius 2 is 1.71 bits per heavy atom. The Hall–Kier alpha value is -4.20. The maximum Gasteiger partial charge on any atom is 0.268 e. The van der Waals surface area contributed by atoms with Crippen molar-refractivity contribution in [1.82, 2.24) is 10.6 Å². The Bertz CT molecular complexity index is 1140. The number of ether oxygens (including phenoxy) is 3. The SMILES string of the molecule is CCC(NC(=O)/C(=C/c1ccco1)NC(=O)c1ccc(OC)c(OC)c1)c1ccc(OC)cc1. The minimum atomic E-state index is -0.480. The monoisotopic (exact) mass is 464 g/mol.